The lowest BCUT2D eigenvalue weighted by Gasteiger charge is -2.17. The molecule has 1 aromatic rings. The van der Waals surface area contributed by atoms with Crippen LogP contribution in [0, 0.1) is 15.9 Å². The van der Waals surface area contributed by atoms with E-state index in [0.29, 0.717) is 11.0 Å². The lowest BCUT2D eigenvalue weighted by atomic mass is 10.1. The Morgan fingerprint density at radius 3 is 2.55 bits per heavy atom. The Morgan fingerprint density at radius 2 is 2.10 bits per heavy atom. The first-order chi connectivity index (χ1) is 9.27. The summed E-state index contributed by atoms with van der Waals surface area (Å²) < 4.78 is 37.9. The first-order valence-corrected chi connectivity index (χ1v) is 5.47. The van der Waals surface area contributed by atoms with Gasteiger partial charge in [0, 0.05) is 14.1 Å². The molecule has 0 saturated carbocycles. The van der Waals surface area contributed by atoms with Gasteiger partial charge in [-0.3, -0.25) is 14.9 Å². The van der Waals surface area contributed by atoms with Crippen LogP contribution in [0.3, 0.4) is 0 Å². The Labute approximate surface area is 112 Å². The number of hydrogen-bond acceptors (Lipinski definition) is 4. The highest BCUT2D eigenvalue weighted by atomic mass is 19.3. The SMILES string of the molecule is CNc1cc(C(=O)N(C)CC(F)F)c([N+](=O)[O-])cc1F. The van der Waals surface area contributed by atoms with Crippen LogP contribution >= 0.6 is 0 Å². The van der Waals surface area contributed by atoms with E-state index in [-0.39, 0.29) is 5.69 Å². The largest absolute Gasteiger partial charge is 0.386 e. The molecule has 1 rings (SSSR count). The molecule has 0 aromatic heterocycles. The maximum absolute atomic E-state index is 13.5. The molecule has 1 N–H and O–H groups in total. The molecule has 110 valence electrons. The summed E-state index contributed by atoms with van der Waals surface area (Å²) in [5.74, 6) is -1.89. The highest BCUT2D eigenvalue weighted by Gasteiger charge is 2.26. The highest BCUT2D eigenvalue weighted by Crippen LogP contribution is 2.27. The van der Waals surface area contributed by atoms with Gasteiger partial charge in [-0.25, -0.2) is 13.2 Å². The van der Waals surface area contributed by atoms with Gasteiger partial charge in [0.05, 0.1) is 23.2 Å². The molecule has 1 aromatic carbocycles. The molecule has 9 heteroatoms. The molecule has 0 unspecified atom stereocenters. The Hall–Kier alpha value is -2.32. The van der Waals surface area contributed by atoms with Gasteiger partial charge in [0.15, 0.2) is 5.82 Å². The van der Waals surface area contributed by atoms with Crippen LogP contribution in [-0.2, 0) is 0 Å². The average Bonchev–Trinajstić information content (AvgIpc) is 2.36. The number of nitro groups is 1. The van der Waals surface area contributed by atoms with Crippen molar-refractivity contribution in [2.45, 2.75) is 6.43 Å². The van der Waals surface area contributed by atoms with E-state index in [9.17, 15) is 28.1 Å². The number of nitrogens with zero attached hydrogens (tertiary/aromatic N) is 2. The second kappa shape index (κ2) is 6.22. The van der Waals surface area contributed by atoms with Gasteiger partial charge in [-0.1, -0.05) is 0 Å². The number of anilines is 1. The zero-order chi connectivity index (χ0) is 15.4. The number of amides is 1. The molecule has 0 bridgehead atoms. The number of hydrogen-bond donors (Lipinski definition) is 1. The predicted octanol–water partition coefficient (Wildman–Crippen LogP) is 2.11. The lowest BCUT2D eigenvalue weighted by molar-refractivity contribution is -0.385. The van der Waals surface area contributed by atoms with Crippen LogP contribution in [0.4, 0.5) is 24.5 Å². The van der Waals surface area contributed by atoms with Crippen LogP contribution in [0.1, 0.15) is 10.4 Å². The number of carbonyl (C=O) groups excluding carboxylic acids is 1. The lowest BCUT2D eigenvalue weighted by Crippen LogP contribution is -2.31. The minimum Gasteiger partial charge on any atom is -0.386 e. The van der Waals surface area contributed by atoms with Crippen molar-refractivity contribution in [3.05, 3.63) is 33.6 Å². The quantitative estimate of drug-likeness (QED) is 0.666. The van der Waals surface area contributed by atoms with Gasteiger partial charge in [-0.05, 0) is 6.07 Å². The third-order valence-corrected chi connectivity index (χ3v) is 2.54. The van der Waals surface area contributed by atoms with Crippen LogP contribution in [0.15, 0.2) is 12.1 Å². The second-order valence-corrected chi connectivity index (χ2v) is 3.93. The maximum Gasteiger partial charge on any atom is 0.285 e. The van der Waals surface area contributed by atoms with Crippen molar-refractivity contribution >= 4 is 17.3 Å². The van der Waals surface area contributed by atoms with Crippen LogP contribution in [0.2, 0.25) is 0 Å². The summed E-state index contributed by atoms with van der Waals surface area (Å²) in [7, 11) is 2.45. The number of benzene rings is 1. The molecule has 0 atom stereocenters. The van der Waals surface area contributed by atoms with E-state index in [1.165, 1.54) is 7.05 Å². The molecular formula is C11H12F3N3O3. The van der Waals surface area contributed by atoms with Gasteiger partial charge in [-0.15, -0.1) is 0 Å². The number of halogens is 3. The van der Waals surface area contributed by atoms with Crippen LogP contribution in [-0.4, -0.2) is 42.8 Å². The molecule has 20 heavy (non-hydrogen) atoms. The van der Waals surface area contributed by atoms with Gasteiger partial charge < -0.3 is 10.2 Å². The molecule has 0 radical (unpaired) electrons. The third kappa shape index (κ3) is 3.37. The Kier molecular flexibility index (Phi) is 4.89. The molecule has 6 nitrogen and oxygen atoms in total. The summed E-state index contributed by atoms with van der Waals surface area (Å²) in [5.41, 5.74) is -1.36. The zero-order valence-corrected chi connectivity index (χ0v) is 10.7. The summed E-state index contributed by atoms with van der Waals surface area (Å²) >= 11 is 0. The molecule has 0 fully saturated rings. The van der Waals surface area contributed by atoms with E-state index in [1.807, 2.05) is 0 Å². The van der Waals surface area contributed by atoms with Crippen LogP contribution in [0.25, 0.3) is 0 Å². The van der Waals surface area contributed by atoms with Crippen LogP contribution in [0.5, 0.6) is 0 Å². The summed E-state index contributed by atoms with van der Waals surface area (Å²) in [5, 5.41) is 13.2. The summed E-state index contributed by atoms with van der Waals surface area (Å²) in [6.45, 7) is -0.873. The smallest absolute Gasteiger partial charge is 0.285 e. The maximum atomic E-state index is 13.5. The van der Waals surface area contributed by atoms with Crippen molar-refractivity contribution < 1.29 is 22.9 Å². The Morgan fingerprint density at radius 1 is 1.50 bits per heavy atom. The van der Waals surface area contributed by atoms with E-state index >= 15 is 0 Å². The van der Waals surface area contributed by atoms with E-state index in [2.05, 4.69) is 5.32 Å². The summed E-state index contributed by atoms with van der Waals surface area (Å²) in [4.78, 5) is 22.4. The minimum absolute atomic E-state index is 0.135. The predicted molar refractivity (Wildman–Crippen MR) is 65.6 cm³/mol. The summed E-state index contributed by atoms with van der Waals surface area (Å²) in [6, 6.07) is 1.51. The fourth-order valence-electron chi connectivity index (χ4n) is 1.57. The van der Waals surface area contributed by atoms with E-state index in [0.717, 1.165) is 13.1 Å². The second-order valence-electron chi connectivity index (χ2n) is 3.93. The molecule has 0 aliphatic carbocycles. The molecule has 0 saturated heterocycles. The van der Waals surface area contributed by atoms with Gasteiger partial charge in [-0.2, -0.15) is 0 Å². The standard InChI is InChI=1S/C11H12F3N3O3/c1-15-8-3-6(9(17(19)20)4-7(8)12)11(18)16(2)5-10(13)14/h3-4,10,15H,5H2,1-2H3. The van der Waals surface area contributed by atoms with Gasteiger partial charge in [0.25, 0.3) is 18.0 Å². The highest BCUT2D eigenvalue weighted by molar-refractivity contribution is 5.99. The number of rotatable bonds is 5. The zero-order valence-electron chi connectivity index (χ0n) is 10.7. The number of nitro benzene ring substituents is 1. The summed E-state index contributed by atoms with van der Waals surface area (Å²) in [6.07, 6.45) is -2.77. The first-order valence-electron chi connectivity index (χ1n) is 5.47. The average molecular weight is 291 g/mol. The molecule has 0 heterocycles. The fourth-order valence-corrected chi connectivity index (χ4v) is 1.57. The molecule has 1 amide bonds. The molecular weight excluding hydrogens is 279 g/mol. The van der Waals surface area contributed by atoms with Gasteiger partial charge in [0.2, 0.25) is 0 Å². The third-order valence-electron chi connectivity index (χ3n) is 2.54. The van der Waals surface area contributed by atoms with E-state index in [4.69, 9.17) is 0 Å². The van der Waals surface area contributed by atoms with Crippen molar-refractivity contribution in [1.29, 1.82) is 0 Å². The Balaban J connectivity index is 3.27. The first kappa shape index (κ1) is 15.7. The number of carbonyl (C=O) groups is 1. The number of nitrogens with one attached hydrogen (secondary N) is 1. The number of alkyl halides is 2. The molecule has 0 aliphatic heterocycles. The van der Waals surface area contributed by atoms with Crippen molar-refractivity contribution in [3.8, 4) is 0 Å². The normalized spacial score (nSPS) is 10.5. The van der Waals surface area contributed by atoms with E-state index in [1.54, 1.807) is 0 Å². The fraction of sp³-hybridized carbons (Fsp3) is 0.364. The Bertz CT molecular complexity index is 537. The van der Waals surface area contributed by atoms with Gasteiger partial charge in [0.1, 0.15) is 5.56 Å². The van der Waals surface area contributed by atoms with E-state index < -0.39 is 40.9 Å². The monoisotopic (exact) mass is 291 g/mol. The minimum atomic E-state index is -2.77. The van der Waals surface area contributed by atoms with Gasteiger partial charge >= 0.3 is 0 Å². The van der Waals surface area contributed by atoms with Crippen molar-refractivity contribution in [2.24, 2.45) is 0 Å². The molecule has 0 spiro atoms. The van der Waals surface area contributed by atoms with Crippen molar-refractivity contribution in [3.63, 3.8) is 0 Å². The topological polar surface area (TPSA) is 75.5 Å². The van der Waals surface area contributed by atoms with Crippen molar-refractivity contribution in [1.82, 2.24) is 4.90 Å². The molecule has 0 aliphatic rings. The van der Waals surface area contributed by atoms with Crippen LogP contribution < -0.4 is 5.32 Å². The van der Waals surface area contributed by atoms with Crippen molar-refractivity contribution in [2.75, 3.05) is 26.0 Å².